The van der Waals surface area contributed by atoms with Gasteiger partial charge in [0.25, 0.3) is 0 Å². The topological polar surface area (TPSA) is 29.1 Å². The Morgan fingerprint density at radius 1 is 0.789 bits per heavy atom. The minimum absolute atomic E-state index is 0.696. The van der Waals surface area contributed by atoms with Crippen LogP contribution in [0.5, 0.6) is 0 Å². The summed E-state index contributed by atoms with van der Waals surface area (Å²) in [4.78, 5) is 11.4. The predicted molar refractivity (Wildman–Crippen MR) is 79.1 cm³/mol. The molecule has 2 heteroatoms. The van der Waals surface area contributed by atoms with Crippen LogP contribution in [0.4, 0.5) is 11.4 Å². The van der Waals surface area contributed by atoms with E-state index in [2.05, 4.69) is 5.32 Å². The second-order valence-corrected chi connectivity index (χ2v) is 4.36. The number of anilines is 2. The summed E-state index contributed by atoms with van der Waals surface area (Å²) in [5, 5.41) is 5.33. The average Bonchev–Trinajstić information content (AvgIpc) is 2.48. The molecule has 0 amide bonds. The van der Waals surface area contributed by atoms with Gasteiger partial charge in [0.15, 0.2) is 6.29 Å². The first kappa shape index (κ1) is 11.5. The summed E-state index contributed by atoms with van der Waals surface area (Å²) in [6.45, 7) is 0. The van der Waals surface area contributed by atoms with Crippen LogP contribution in [0.25, 0.3) is 10.8 Å². The largest absolute Gasteiger partial charge is 0.355 e. The van der Waals surface area contributed by atoms with Gasteiger partial charge in [-0.2, -0.15) is 0 Å². The highest BCUT2D eigenvalue weighted by molar-refractivity contribution is 6.04. The lowest BCUT2D eigenvalue weighted by molar-refractivity contribution is 0.112. The Balaban J connectivity index is 2.11. The fraction of sp³-hybridized carbons (Fsp3) is 0. The molecule has 0 aliphatic rings. The van der Waals surface area contributed by atoms with E-state index in [4.69, 9.17) is 0 Å². The highest BCUT2D eigenvalue weighted by Gasteiger charge is 2.06. The molecule has 0 unspecified atom stereocenters. The number of hydrogen-bond donors (Lipinski definition) is 1. The Hall–Kier alpha value is -2.61. The number of aldehydes is 1. The number of fused-ring (bicyclic) bond motifs is 1. The Morgan fingerprint density at radius 2 is 1.53 bits per heavy atom. The number of rotatable bonds is 3. The van der Waals surface area contributed by atoms with Crippen molar-refractivity contribution in [2.75, 3.05) is 5.32 Å². The molecule has 0 saturated carbocycles. The van der Waals surface area contributed by atoms with E-state index in [0.717, 1.165) is 28.4 Å². The van der Waals surface area contributed by atoms with E-state index in [1.54, 1.807) is 0 Å². The van der Waals surface area contributed by atoms with Crippen molar-refractivity contribution in [2.24, 2.45) is 0 Å². The summed E-state index contributed by atoms with van der Waals surface area (Å²) in [6, 6.07) is 21.7. The number of nitrogens with one attached hydrogen (secondary N) is 1. The van der Waals surface area contributed by atoms with E-state index in [1.165, 1.54) is 0 Å². The molecule has 0 bridgehead atoms. The lowest BCUT2D eigenvalue weighted by Crippen LogP contribution is -1.96. The van der Waals surface area contributed by atoms with Crippen molar-refractivity contribution in [3.8, 4) is 0 Å². The number of benzene rings is 3. The van der Waals surface area contributed by atoms with Crippen LogP contribution in [0.3, 0.4) is 0 Å². The van der Waals surface area contributed by atoms with E-state index < -0.39 is 0 Å². The number of hydrogen-bond acceptors (Lipinski definition) is 2. The van der Waals surface area contributed by atoms with Gasteiger partial charge in [0.05, 0.1) is 0 Å². The highest BCUT2D eigenvalue weighted by Crippen LogP contribution is 2.27. The van der Waals surface area contributed by atoms with Gasteiger partial charge in [0.2, 0.25) is 0 Å². The third-order valence-electron chi connectivity index (χ3n) is 3.14. The summed E-state index contributed by atoms with van der Waals surface area (Å²) in [5.41, 5.74) is 2.50. The quantitative estimate of drug-likeness (QED) is 0.695. The zero-order valence-corrected chi connectivity index (χ0v) is 10.3. The fourth-order valence-electron chi connectivity index (χ4n) is 2.21. The molecule has 3 rings (SSSR count). The van der Waals surface area contributed by atoms with Crippen molar-refractivity contribution in [3.63, 3.8) is 0 Å². The monoisotopic (exact) mass is 247 g/mol. The number of carbonyl (C=O) groups excluding carboxylic acids is 1. The van der Waals surface area contributed by atoms with Gasteiger partial charge >= 0.3 is 0 Å². The lowest BCUT2D eigenvalue weighted by Gasteiger charge is -2.11. The summed E-state index contributed by atoms with van der Waals surface area (Å²) >= 11 is 0. The van der Waals surface area contributed by atoms with Crippen molar-refractivity contribution < 1.29 is 4.79 Å². The normalized spacial score (nSPS) is 10.3. The van der Waals surface area contributed by atoms with Crippen LogP contribution in [0.15, 0.2) is 66.7 Å². The number of carbonyl (C=O) groups is 1. The first-order valence-electron chi connectivity index (χ1n) is 6.17. The molecule has 0 aliphatic carbocycles. The van der Waals surface area contributed by atoms with Crippen LogP contribution in [-0.2, 0) is 0 Å². The molecule has 0 spiro atoms. The zero-order valence-electron chi connectivity index (χ0n) is 10.3. The molecule has 19 heavy (non-hydrogen) atoms. The highest BCUT2D eigenvalue weighted by atomic mass is 16.1. The van der Waals surface area contributed by atoms with E-state index in [-0.39, 0.29) is 0 Å². The number of para-hydroxylation sites is 1. The van der Waals surface area contributed by atoms with Gasteiger partial charge in [-0.3, -0.25) is 4.79 Å². The molecular weight excluding hydrogens is 234 g/mol. The summed E-state index contributed by atoms with van der Waals surface area (Å²) in [5.74, 6) is 0. The van der Waals surface area contributed by atoms with Crippen molar-refractivity contribution in [3.05, 3.63) is 72.3 Å². The molecule has 0 saturated heterocycles. The first-order valence-corrected chi connectivity index (χ1v) is 6.17. The first-order chi connectivity index (χ1) is 9.38. The van der Waals surface area contributed by atoms with Crippen LogP contribution >= 0.6 is 0 Å². The third-order valence-corrected chi connectivity index (χ3v) is 3.14. The maximum atomic E-state index is 11.4. The summed E-state index contributed by atoms with van der Waals surface area (Å²) in [7, 11) is 0. The molecule has 3 aromatic rings. The van der Waals surface area contributed by atoms with Gasteiger partial charge in [-0.15, -0.1) is 0 Å². The minimum atomic E-state index is 0.696. The smallest absolute Gasteiger partial charge is 0.152 e. The molecule has 0 atom stereocenters. The van der Waals surface area contributed by atoms with Crippen molar-refractivity contribution in [1.29, 1.82) is 0 Å². The Kier molecular flexibility index (Phi) is 2.99. The van der Waals surface area contributed by atoms with Crippen molar-refractivity contribution in [1.82, 2.24) is 0 Å². The third kappa shape index (κ3) is 2.20. The van der Waals surface area contributed by atoms with Gasteiger partial charge in [0, 0.05) is 16.9 Å². The molecule has 0 fully saturated rings. The van der Waals surface area contributed by atoms with Crippen molar-refractivity contribution >= 4 is 28.4 Å². The predicted octanol–water partition coefficient (Wildman–Crippen LogP) is 4.40. The molecule has 0 heterocycles. The van der Waals surface area contributed by atoms with Crippen LogP contribution < -0.4 is 5.32 Å². The van der Waals surface area contributed by atoms with Crippen LogP contribution in [0, 0.1) is 0 Å². The molecular formula is C17H13NO. The molecule has 3 aromatic carbocycles. The molecule has 92 valence electrons. The van der Waals surface area contributed by atoms with E-state index in [9.17, 15) is 4.79 Å². The maximum Gasteiger partial charge on any atom is 0.152 e. The minimum Gasteiger partial charge on any atom is -0.355 e. The Morgan fingerprint density at radius 3 is 2.32 bits per heavy atom. The van der Waals surface area contributed by atoms with E-state index in [0.29, 0.717) is 5.56 Å². The SMILES string of the molecule is O=Cc1c(Nc2ccccc2)ccc2ccccc12. The standard InChI is InChI=1S/C17H13NO/c19-12-16-15-9-5-4-6-13(15)10-11-17(16)18-14-7-2-1-3-8-14/h1-12,18H. The van der Waals surface area contributed by atoms with Gasteiger partial charge < -0.3 is 5.32 Å². The van der Waals surface area contributed by atoms with Crippen molar-refractivity contribution in [2.45, 2.75) is 0 Å². The molecule has 0 aliphatic heterocycles. The molecule has 2 nitrogen and oxygen atoms in total. The van der Waals surface area contributed by atoms with Crippen LogP contribution in [-0.4, -0.2) is 6.29 Å². The summed E-state index contributed by atoms with van der Waals surface area (Å²) < 4.78 is 0. The lowest BCUT2D eigenvalue weighted by atomic mass is 10.0. The van der Waals surface area contributed by atoms with Crippen LogP contribution in [0.2, 0.25) is 0 Å². The van der Waals surface area contributed by atoms with Gasteiger partial charge in [-0.1, -0.05) is 48.5 Å². The fourth-order valence-corrected chi connectivity index (χ4v) is 2.21. The van der Waals surface area contributed by atoms with Gasteiger partial charge in [0.1, 0.15) is 0 Å². The summed E-state index contributed by atoms with van der Waals surface area (Å²) in [6.07, 6.45) is 0.910. The Bertz CT molecular complexity index is 720. The van der Waals surface area contributed by atoms with Gasteiger partial charge in [-0.05, 0) is 29.0 Å². The van der Waals surface area contributed by atoms with Gasteiger partial charge in [-0.25, -0.2) is 0 Å². The van der Waals surface area contributed by atoms with Crippen LogP contribution in [0.1, 0.15) is 10.4 Å². The van der Waals surface area contributed by atoms with E-state index >= 15 is 0 Å². The molecule has 0 aromatic heterocycles. The Labute approximate surface area is 111 Å². The molecule has 0 radical (unpaired) electrons. The zero-order chi connectivity index (χ0) is 13.1. The second-order valence-electron chi connectivity index (χ2n) is 4.36. The second kappa shape index (κ2) is 4.94. The molecule has 1 N–H and O–H groups in total. The maximum absolute atomic E-state index is 11.4. The average molecular weight is 247 g/mol. The van der Waals surface area contributed by atoms with E-state index in [1.807, 2.05) is 66.7 Å².